The number of benzene rings is 1. The number of fused-ring (bicyclic) bond motifs is 1. The van der Waals surface area contributed by atoms with Gasteiger partial charge < -0.3 is 9.30 Å². The summed E-state index contributed by atoms with van der Waals surface area (Å²) in [6.07, 6.45) is -4.36. The first-order valence-corrected chi connectivity index (χ1v) is 5.09. The van der Waals surface area contributed by atoms with Gasteiger partial charge in [-0.25, -0.2) is 0 Å². The third kappa shape index (κ3) is 1.64. The van der Waals surface area contributed by atoms with Crippen molar-refractivity contribution in [3.05, 3.63) is 29.5 Å². The lowest BCUT2D eigenvalue weighted by molar-refractivity contribution is -0.143. The number of halogens is 3. The number of aryl methyl sites for hydroxylation is 1. The van der Waals surface area contributed by atoms with Gasteiger partial charge in [-0.3, -0.25) is 4.79 Å². The van der Waals surface area contributed by atoms with Crippen molar-refractivity contribution >= 4 is 17.2 Å². The van der Waals surface area contributed by atoms with Gasteiger partial charge in [-0.05, 0) is 6.07 Å². The summed E-state index contributed by atoms with van der Waals surface area (Å²) in [6, 6.07) is 4.57. The molecule has 0 radical (unpaired) electrons. The summed E-state index contributed by atoms with van der Waals surface area (Å²) in [5, 5.41) is 0.235. The molecular formula is C12H10F3NO2. The topological polar surface area (TPSA) is 31.2 Å². The second kappa shape index (κ2) is 4.04. The van der Waals surface area contributed by atoms with Crippen molar-refractivity contribution in [2.45, 2.75) is 6.18 Å². The molecule has 0 aliphatic carbocycles. The van der Waals surface area contributed by atoms with Crippen LogP contribution in [0, 0.1) is 0 Å². The normalized spacial score (nSPS) is 11.8. The molecule has 1 aromatic carbocycles. The van der Waals surface area contributed by atoms with E-state index in [9.17, 15) is 18.0 Å². The van der Waals surface area contributed by atoms with Crippen LogP contribution in [0.3, 0.4) is 0 Å². The summed E-state index contributed by atoms with van der Waals surface area (Å²) in [5.74, 6) is 0.300. The van der Waals surface area contributed by atoms with Crippen molar-refractivity contribution in [1.29, 1.82) is 0 Å². The molecule has 0 bridgehead atoms. The third-order valence-electron chi connectivity index (χ3n) is 2.82. The highest BCUT2D eigenvalue weighted by molar-refractivity contribution is 6.02. The number of hydrogen-bond donors (Lipinski definition) is 0. The van der Waals surface area contributed by atoms with Gasteiger partial charge in [-0.15, -0.1) is 0 Å². The Morgan fingerprint density at radius 1 is 1.33 bits per heavy atom. The molecule has 3 nitrogen and oxygen atoms in total. The Labute approximate surface area is 101 Å². The molecule has 0 unspecified atom stereocenters. The van der Waals surface area contributed by atoms with E-state index in [1.54, 1.807) is 12.1 Å². The van der Waals surface area contributed by atoms with Gasteiger partial charge >= 0.3 is 6.18 Å². The Balaban J connectivity index is 2.97. The molecule has 0 saturated heterocycles. The number of carbonyl (C=O) groups is 1. The summed E-state index contributed by atoms with van der Waals surface area (Å²) in [4.78, 5) is 10.9. The van der Waals surface area contributed by atoms with Crippen molar-refractivity contribution in [2.75, 3.05) is 7.11 Å². The maximum atomic E-state index is 12.9. The molecule has 1 heterocycles. The highest BCUT2D eigenvalue weighted by Crippen LogP contribution is 2.39. The molecule has 18 heavy (non-hydrogen) atoms. The van der Waals surface area contributed by atoms with Gasteiger partial charge in [0, 0.05) is 12.4 Å². The van der Waals surface area contributed by atoms with Crippen molar-refractivity contribution in [3.8, 4) is 5.75 Å². The number of alkyl halides is 3. The van der Waals surface area contributed by atoms with E-state index in [0.29, 0.717) is 5.75 Å². The molecule has 2 aromatic rings. The number of ether oxygens (including phenoxy) is 1. The number of carbonyl (C=O) groups excluding carboxylic acids is 1. The van der Waals surface area contributed by atoms with E-state index in [-0.39, 0.29) is 22.8 Å². The fourth-order valence-corrected chi connectivity index (χ4v) is 2.13. The molecule has 2 rings (SSSR count). The maximum absolute atomic E-state index is 12.9. The zero-order valence-corrected chi connectivity index (χ0v) is 9.71. The first-order valence-electron chi connectivity index (χ1n) is 5.09. The molecule has 0 N–H and O–H groups in total. The SMILES string of the molecule is COc1cccc2c(C=O)c(C(F)(F)F)n(C)c12. The van der Waals surface area contributed by atoms with Crippen molar-refractivity contribution < 1.29 is 22.7 Å². The number of methoxy groups -OCH3 is 1. The number of rotatable bonds is 2. The van der Waals surface area contributed by atoms with Crippen LogP contribution in [0.1, 0.15) is 16.1 Å². The molecular weight excluding hydrogens is 247 g/mol. The van der Waals surface area contributed by atoms with Gasteiger partial charge in [0.05, 0.1) is 18.2 Å². The largest absolute Gasteiger partial charge is 0.495 e. The molecule has 0 amide bonds. The molecule has 0 saturated carbocycles. The summed E-state index contributed by atoms with van der Waals surface area (Å²) in [5.41, 5.74) is -1.06. The number of hydrogen-bond acceptors (Lipinski definition) is 2. The van der Waals surface area contributed by atoms with Crippen LogP contribution in [0.4, 0.5) is 13.2 Å². The van der Waals surface area contributed by atoms with E-state index < -0.39 is 11.9 Å². The monoisotopic (exact) mass is 257 g/mol. The number of aromatic nitrogens is 1. The van der Waals surface area contributed by atoms with Crippen LogP contribution < -0.4 is 4.74 Å². The van der Waals surface area contributed by atoms with Crippen LogP contribution in [0.5, 0.6) is 5.75 Å². The van der Waals surface area contributed by atoms with Crippen LogP contribution in [0.2, 0.25) is 0 Å². The molecule has 6 heteroatoms. The minimum atomic E-state index is -4.59. The highest BCUT2D eigenvalue weighted by Gasteiger charge is 2.38. The van der Waals surface area contributed by atoms with Crippen LogP contribution in [-0.4, -0.2) is 18.0 Å². The Kier molecular flexibility index (Phi) is 2.80. The molecule has 0 spiro atoms. The average Bonchev–Trinajstić information content (AvgIpc) is 2.61. The van der Waals surface area contributed by atoms with Gasteiger partial charge in [0.15, 0.2) is 6.29 Å². The molecule has 1 aromatic heterocycles. The molecule has 96 valence electrons. The van der Waals surface area contributed by atoms with Crippen molar-refractivity contribution in [2.24, 2.45) is 7.05 Å². The maximum Gasteiger partial charge on any atom is 0.432 e. The van der Waals surface area contributed by atoms with E-state index in [0.717, 1.165) is 4.57 Å². The first-order chi connectivity index (χ1) is 8.41. The molecule has 0 aliphatic heterocycles. The van der Waals surface area contributed by atoms with E-state index >= 15 is 0 Å². The van der Waals surface area contributed by atoms with Crippen LogP contribution in [-0.2, 0) is 13.2 Å². The number of para-hydroxylation sites is 1. The van der Waals surface area contributed by atoms with Gasteiger partial charge in [0.2, 0.25) is 0 Å². The zero-order valence-electron chi connectivity index (χ0n) is 9.71. The fraction of sp³-hybridized carbons (Fsp3) is 0.250. The zero-order chi connectivity index (χ0) is 13.5. The van der Waals surface area contributed by atoms with Crippen LogP contribution in [0.25, 0.3) is 10.9 Å². The van der Waals surface area contributed by atoms with Crippen molar-refractivity contribution in [3.63, 3.8) is 0 Å². The third-order valence-corrected chi connectivity index (χ3v) is 2.82. The van der Waals surface area contributed by atoms with Gasteiger partial charge in [-0.1, -0.05) is 12.1 Å². The Morgan fingerprint density at radius 2 is 2.00 bits per heavy atom. The molecule has 0 aliphatic rings. The first kappa shape index (κ1) is 12.5. The highest BCUT2D eigenvalue weighted by atomic mass is 19.4. The second-order valence-corrected chi connectivity index (χ2v) is 3.79. The standard InChI is InChI=1S/C12H10F3NO2/c1-16-10-7(4-3-5-9(10)18-2)8(6-17)11(16)12(13,14)15/h3-6H,1-2H3. The summed E-state index contributed by atoms with van der Waals surface area (Å²) in [7, 11) is 2.64. The quantitative estimate of drug-likeness (QED) is 0.774. The molecule has 0 atom stereocenters. The Hall–Kier alpha value is -1.98. The smallest absolute Gasteiger partial charge is 0.432 e. The van der Waals surface area contributed by atoms with E-state index in [1.165, 1.54) is 20.2 Å². The summed E-state index contributed by atoms with van der Waals surface area (Å²) < 4.78 is 44.8. The average molecular weight is 257 g/mol. The second-order valence-electron chi connectivity index (χ2n) is 3.79. The minimum Gasteiger partial charge on any atom is -0.495 e. The summed E-state index contributed by atoms with van der Waals surface area (Å²) in [6.45, 7) is 0. The number of aldehydes is 1. The van der Waals surface area contributed by atoms with Crippen LogP contribution >= 0.6 is 0 Å². The van der Waals surface area contributed by atoms with Crippen LogP contribution in [0.15, 0.2) is 18.2 Å². The van der Waals surface area contributed by atoms with E-state index in [2.05, 4.69) is 0 Å². The Bertz CT molecular complexity index is 614. The lowest BCUT2D eigenvalue weighted by atomic mass is 10.1. The predicted octanol–water partition coefficient (Wildman–Crippen LogP) is 3.02. The van der Waals surface area contributed by atoms with Gasteiger partial charge in [-0.2, -0.15) is 13.2 Å². The minimum absolute atomic E-state index is 0.227. The summed E-state index contributed by atoms with van der Waals surface area (Å²) >= 11 is 0. The lowest BCUT2D eigenvalue weighted by Crippen LogP contribution is -2.13. The Morgan fingerprint density at radius 3 is 2.50 bits per heavy atom. The van der Waals surface area contributed by atoms with E-state index in [4.69, 9.17) is 4.74 Å². The van der Waals surface area contributed by atoms with Gasteiger partial charge in [0.25, 0.3) is 0 Å². The number of nitrogens with zero attached hydrogens (tertiary/aromatic N) is 1. The van der Waals surface area contributed by atoms with Gasteiger partial charge in [0.1, 0.15) is 11.4 Å². The lowest BCUT2D eigenvalue weighted by Gasteiger charge is -2.09. The molecule has 0 fully saturated rings. The fourth-order valence-electron chi connectivity index (χ4n) is 2.13. The predicted molar refractivity (Wildman–Crippen MR) is 59.9 cm³/mol. The van der Waals surface area contributed by atoms with E-state index in [1.807, 2.05) is 0 Å². The van der Waals surface area contributed by atoms with Crippen molar-refractivity contribution in [1.82, 2.24) is 4.57 Å².